The summed E-state index contributed by atoms with van der Waals surface area (Å²) in [4.78, 5) is 16.0. The Kier molecular flexibility index (Phi) is 4.09. The summed E-state index contributed by atoms with van der Waals surface area (Å²) in [6, 6.07) is 4.41. The minimum absolute atomic E-state index is 0.155. The molecule has 0 radical (unpaired) electrons. The quantitative estimate of drug-likeness (QED) is 0.544. The number of anilines is 1. The number of aryl methyl sites for hydroxylation is 2. The number of pyridine rings is 1. The lowest BCUT2D eigenvalue weighted by atomic mass is 10.1. The third-order valence-corrected chi connectivity index (χ3v) is 5.52. The Hall–Kier alpha value is -3.26. The van der Waals surface area contributed by atoms with Crippen LogP contribution in [-0.4, -0.2) is 55.5 Å². The largest absolute Gasteiger partial charge is 0.507 e. The number of aromatic nitrogens is 5. The zero-order valence-electron chi connectivity index (χ0n) is 16.7. The minimum Gasteiger partial charge on any atom is -0.507 e. The highest BCUT2D eigenvalue weighted by atomic mass is 16.3. The monoisotopic (exact) mass is 389 g/mol. The van der Waals surface area contributed by atoms with Crippen molar-refractivity contribution in [3.63, 3.8) is 0 Å². The fraction of sp³-hybridized carbons (Fsp3) is 0.333. The number of fused-ring (bicyclic) bond motifs is 2. The number of benzene rings is 1. The molecule has 8 nitrogen and oxygen atoms in total. The second-order valence-corrected chi connectivity index (χ2v) is 7.74. The van der Waals surface area contributed by atoms with E-state index in [2.05, 4.69) is 43.3 Å². The summed E-state index contributed by atoms with van der Waals surface area (Å²) in [6.07, 6.45) is 5.57. The number of hydrogen-bond donors (Lipinski definition) is 2. The van der Waals surface area contributed by atoms with Crippen LogP contribution >= 0.6 is 0 Å². The first-order chi connectivity index (χ1) is 14.0. The van der Waals surface area contributed by atoms with Crippen molar-refractivity contribution in [1.82, 2.24) is 30.0 Å². The van der Waals surface area contributed by atoms with Gasteiger partial charge in [0.05, 0.1) is 23.0 Å². The van der Waals surface area contributed by atoms with Crippen molar-refractivity contribution in [3.8, 4) is 17.1 Å². The van der Waals surface area contributed by atoms with E-state index in [1.807, 2.05) is 32.4 Å². The molecule has 0 bridgehead atoms. The molecule has 4 heterocycles. The normalized spacial score (nSPS) is 17.3. The smallest absolute Gasteiger partial charge is 0.165 e. The molecular formula is C21H23N7O. The van der Waals surface area contributed by atoms with Crippen molar-refractivity contribution in [3.05, 3.63) is 36.3 Å². The maximum absolute atomic E-state index is 10.7. The zero-order valence-corrected chi connectivity index (χ0v) is 16.7. The van der Waals surface area contributed by atoms with Crippen LogP contribution in [0.5, 0.6) is 5.75 Å². The molecule has 29 heavy (non-hydrogen) atoms. The Morgan fingerprint density at radius 1 is 1.17 bits per heavy atom. The molecule has 1 atom stereocenters. The van der Waals surface area contributed by atoms with Crippen LogP contribution in [0.25, 0.3) is 33.3 Å². The Bertz CT molecular complexity index is 1230. The van der Waals surface area contributed by atoms with Gasteiger partial charge in [-0.25, -0.2) is 15.0 Å². The molecule has 1 aromatic carbocycles. The predicted molar refractivity (Wildman–Crippen MR) is 113 cm³/mol. The van der Waals surface area contributed by atoms with Crippen LogP contribution in [0.15, 0.2) is 30.7 Å². The van der Waals surface area contributed by atoms with E-state index in [9.17, 15) is 5.11 Å². The summed E-state index contributed by atoms with van der Waals surface area (Å²) in [5.41, 5.74) is 3.79. The summed E-state index contributed by atoms with van der Waals surface area (Å²) in [6.45, 7) is 6.90. The summed E-state index contributed by atoms with van der Waals surface area (Å²) >= 11 is 0. The SMILES string of the molecule is Cc1c(O)c(-c2ncc3cc(N4CCNC(C)C4)cnc3n2)cc2cn(C)nc12. The van der Waals surface area contributed by atoms with Gasteiger partial charge in [0.2, 0.25) is 0 Å². The number of hydrogen-bond acceptors (Lipinski definition) is 7. The van der Waals surface area contributed by atoms with Crippen molar-refractivity contribution >= 4 is 27.6 Å². The van der Waals surface area contributed by atoms with Gasteiger partial charge in [0.15, 0.2) is 11.5 Å². The number of nitrogens with one attached hydrogen (secondary N) is 1. The fourth-order valence-corrected chi connectivity index (χ4v) is 3.99. The molecule has 1 aliphatic rings. The van der Waals surface area contributed by atoms with Gasteiger partial charge < -0.3 is 15.3 Å². The van der Waals surface area contributed by atoms with Gasteiger partial charge in [0.1, 0.15) is 5.75 Å². The second-order valence-electron chi connectivity index (χ2n) is 7.74. The number of rotatable bonds is 2. The van der Waals surface area contributed by atoms with Gasteiger partial charge in [-0.3, -0.25) is 4.68 Å². The van der Waals surface area contributed by atoms with E-state index < -0.39 is 0 Å². The molecule has 4 aromatic rings. The first-order valence-corrected chi connectivity index (χ1v) is 9.77. The van der Waals surface area contributed by atoms with E-state index in [0.29, 0.717) is 23.1 Å². The molecule has 3 aromatic heterocycles. The second kappa shape index (κ2) is 6.66. The van der Waals surface area contributed by atoms with Gasteiger partial charge in [-0.15, -0.1) is 0 Å². The molecule has 1 fully saturated rings. The molecule has 0 amide bonds. The van der Waals surface area contributed by atoms with Gasteiger partial charge in [-0.1, -0.05) is 0 Å². The fourth-order valence-electron chi connectivity index (χ4n) is 3.99. The van der Waals surface area contributed by atoms with Crippen molar-refractivity contribution in [2.75, 3.05) is 24.5 Å². The van der Waals surface area contributed by atoms with Crippen molar-refractivity contribution < 1.29 is 5.11 Å². The lowest BCUT2D eigenvalue weighted by molar-refractivity contribution is 0.473. The lowest BCUT2D eigenvalue weighted by Crippen LogP contribution is -2.49. The van der Waals surface area contributed by atoms with E-state index in [1.54, 1.807) is 10.9 Å². The summed E-state index contributed by atoms with van der Waals surface area (Å²) < 4.78 is 1.74. The molecule has 1 aliphatic heterocycles. The van der Waals surface area contributed by atoms with Crippen LogP contribution in [0.4, 0.5) is 5.69 Å². The van der Waals surface area contributed by atoms with Crippen LogP contribution < -0.4 is 10.2 Å². The molecule has 5 rings (SSSR count). The van der Waals surface area contributed by atoms with Crippen LogP contribution in [-0.2, 0) is 7.05 Å². The highest BCUT2D eigenvalue weighted by Gasteiger charge is 2.18. The predicted octanol–water partition coefficient (Wildman–Crippen LogP) is 2.39. The van der Waals surface area contributed by atoms with Crippen LogP contribution in [0.1, 0.15) is 12.5 Å². The maximum atomic E-state index is 10.7. The third-order valence-electron chi connectivity index (χ3n) is 5.52. The van der Waals surface area contributed by atoms with E-state index in [4.69, 9.17) is 0 Å². The van der Waals surface area contributed by atoms with Crippen LogP contribution in [0, 0.1) is 6.92 Å². The maximum Gasteiger partial charge on any atom is 0.165 e. The van der Waals surface area contributed by atoms with Crippen molar-refractivity contribution in [2.45, 2.75) is 19.9 Å². The number of aromatic hydroxyl groups is 1. The van der Waals surface area contributed by atoms with Crippen molar-refractivity contribution in [2.24, 2.45) is 7.05 Å². The summed E-state index contributed by atoms with van der Waals surface area (Å²) in [5.74, 6) is 0.613. The Morgan fingerprint density at radius 3 is 2.86 bits per heavy atom. The first-order valence-electron chi connectivity index (χ1n) is 9.77. The number of phenolic OH excluding ortho intramolecular Hbond substituents is 1. The Morgan fingerprint density at radius 2 is 2.03 bits per heavy atom. The number of phenols is 1. The molecular weight excluding hydrogens is 366 g/mol. The zero-order chi connectivity index (χ0) is 20.1. The average molecular weight is 389 g/mol. The molecule has 8 heteroatoms. The van der Waals surface area contributed by atoms with Crippen molar-refractivity contribution in [1.29, 1.82) is 0 Å². The summed E-state index contributed by atoms with van der Waals surface area (Å²) in [5, 5.41) is 20.4. The molecule has 2 N–H and O–H groups in total. The molecule has 0 aliphatic carbocycles. The summed E-state index contributed by atoms with van der Waals surface area (Å²) in [7, 11) is 1.86. The van der Waals surface area contributed by atoms with Gasteiger partial charge >= 0.3 is 0 Å². The Balaban J connectivity index is 1.56. The van der Waals surface area contributed by atoms with Gasteiger partial charge in [0.25, 0.3) is 0 Å². The van der Waals surface area contributed by atoms with E-state index >= 15 is 0 Å². The molecule has 0 spiro atoms. The van der Waals surface area contributed by atoms with Crippen LogP contribution in [0.2, 0.25) is 0 Å². The number of nitrogens with zero attached hydrogens (tertiary/aromatic N) is 6. The van der Waals surface area contributed by atoms with Crippen LogP contribution in [0.3, 0.4) is 0 Å². The Labute approximate surface area is 168 Å². The highest BCUT2D eigenvalue weighted by molar-refractivity contribution is 5.90. The molecule has 148 valence electrons. The average Bonchev–Trinajstić information content (AvgIpc) is 3.10. The van der Waals surface area contributed by atoms with E-state index in [0.717, 1.165) is 47.2 Å². The lowest BCUT2D eigenvalue weighted by Gasteiger charge is -2.33. The third kappa shape index (κ3) is 3.05. The van der Waals surface area contributed by atoms with E-state index in [-0.39, 0.29) is 5.75 Å². The van der Waals surface area contributed by atoms with Gasteiger partial charge in [-0.2, -0.15) is 5.10 Å². The standard InChI is InChI=1S/C21H23N7O/c1-12-10-28(5-4-22-12)16-6-14-8-23-21(25-20(14)24-9-16)17-7-15-11-27(3)26-18(15)13(2)19(17)29/h6-9,11-12,22,29H,4-5,10H2,1-3H3. The molecule has 0 saturated carbocycles. The molecule has 1 saturated heterocycles. The topological polar surface area (TPSA) is 92.0 Å². The minimum atomic E-state index is 0.155. The van der Waals surface area contributed by atoms with Gasteiger partial charge in [0, 0.05) is 61.5 Å². The highest BCUT2D eigenvalue weighted by Crippen LogP contribution is 2.35. The van der Waals surface area contributed by atoms with Gasteiger partial charge in [-0.05, 0) is 26.0 Å². The van der Waals surface area contributed by atoms with E-state index in [1.165, 1.54) is 0 Å². The number of piperazine rings is 1. The first kappa shape index (κ1) is 17.8. The molecule has 1 unspecified atom stereocenters.